The van der Waals surface area contributed by atoms with E-state index in [4.69, 9.17) is 14.2 Å². The van der Waals surface area contributed by atoms with E-state index in [2.05, 4.69) is 41.5 Å². The Bertz CT molecular complexity index is 1640. The van der Waals surface area contributed by atoms with E-state index in [1.807, 2.05) is 0 Å². The van der Waals surface area contributed by atoms with Crippen LogP contribution in [0.25, 0.3) is 0 Å². The quantitative estimate of drug-likeness (QED) is 0.137. The molecule has 15 atom stereocenters. The monoisotopic (exact) mass is 789 g/mol. The molecule has 0 N–H and O–H groups in total. The molecule has 2 heterocycles. The Balaban J connectivity index is 1.00. The molecule has 3 spiro atoms. The number of carbonyl (C=O) groups excluding carboxylic acids is 4. The van der Waals surface area contributed by atoms with Crippen LogP contribution < -0.4 is 0 Å². The van der Waals surface area contributed by atoms with Gasteiger partial charge in [-0.3, -0.25) is 19.2 Å². The summed E-state index contributed by atoms with van der Waals surface area (Å²) in [5, 5.41) is 0. The Hall–Kier alpha value is -1.92. The van der Waals surface area contributed by atoms with E-state index < -0.39 is 10.8 Å². The fourth-order valence-electron chi connectivity index (χ4n) is 18.4. The molecule has 8 aliphatic carbocycles. The normalized spacial score (nSPS) is 53.1. The maximum absolute atomic E-state index is 14.8. The van der Waals surface area contributed by atoms with Crippen LogP contribution in [0.3, 0.4) is 0 Å². The molecule has 2 saturated heterocycles. The molecule has 0 aromatic carbocycles. The predicted octanol–water partition coefficient (Wildman–Crippen LogP) is 11.5. The van der Waals surface area contributed by atoms with E-state index in [-0.39, 0.29) is 69.1 Å². The first-order valence-electron chi connectivity index (χ1n) is 24.2. The van der Waals surface area contributed by atoms with Crippen molar-refractivity contribution >= 4 is 23.9 Å². The largest absolute Gasteiger partial charge is 0.462 e. The topological polar surface area (TPSA) is 96.0 Å². The highest BCUT2D eigenvalue weighted by molar-refractivity contribution is 5.92. The standard InChI is InChI=1S/C50H76O7/c1-32-28-48-24-17-37-45(4)21-14-23-47(37,6)43(54)56-42(53)46(5)22-13-20-44(3)36(46)18-25-49-29-33(2)50(31-49,26-19-38(44)49)57-41(52)16-12-10-8-7-9-11-15-40(51)55-35(27-39(45)48)34(32)30-48/h32-39H,7-31H2,1-6H3/t32-,33+,34+,35-,36?,37?,38?,39?,44-,45+,46-,47+,48+,49-,50+/m0/s1. The van der Waals surface area contributed by atoms with Crippen molar-refractivity contribution in [3.63, 3.8) is 0 Å². The lowest BCUT2D eigenvalue weighted by Crippen LogP contribution is -2.61. The van der Waals surface area contributed by atoms with Gasteiger partial charge in [-0.05, 0) is 186 Å². The number of esters is 4. The lowest BCUT2D eigenvalue weighted by atomic mass is 9.40. The van der Waals surface area contributed by atoms with Crippen molar-refractivity contribution in [2.75, 3.05) is 0 Å². The molecule has 7 heteroatoms. The minimum absolute atomic E-state index is 0.0155. The number of ether oxygens (including phenoxy) is 3. The minimum atomic E-state index is -0.713. The molecule has 8 saturated carbocycles. The fourth-order valence-corrected chi connectivity index (χ4v) is 18.4. The lowest BCUT2D eigenvalue weighted by Gasteiger charge is -2.64. The maximum Gasteiger partial charge on any atom is 0.319 e. The number of fused-ring (bicyclic) bond motifs is 16. The first-order valence-corrected chi connectivity index (χ1v) is 24.2. The second-order valence-electron chi connectivity index (χ2n) is 23.5. The Morgan fingerprint density at radius 3 is 1.75 bits per heavy atom. The molecule has 0 aromatic rings. The lowest BCUT2D eigenvalue weighted by molar-refractivity contribution is -0.208. The van der Waals surface area contributed by atoms with E-state index in [1.165, 1.54) is 6.42 Å². The van der Waals surface area contributed by atoms with Gasteiger partial charge in [0.2, 0.25) is 0 Å². The zero-order valence-electron chi connectivity index (χ0n) is 36.7. The Labute approximate surface area is 344 Å². The molecular weight excluding hydrogens is 713 g/mol. The second kappa shape index (κ2) is 14.1. The van der Waals surface area contributed by atoms with Gasteiger partial charge in [-0.2, -0.15) is 0 Å². The van der Waals surface area contributed by atoms with Crippen LogP contribution in [0.4, 0.5) is 0 Å². The van der Waals surface area contributed by atoms with Crippen LogP contribution in [0.5, 0.6) is 0 Å². The van der Waals surface area contributed by atoms with Crippen molar-refractivity contribution in [2.24, 2.45) is 73.9 Å². The van der Waals surface area contributed by atoms with E-state index >= 15 is 0 Å². The Kier molecular flexibility index (Phi) is 9.99. The highest BCUT2D eigenvalue weighted by Gasteiger charge is 2.71. The predicted molar refractivity (Wildman–Crippen MR) is 218 cm³/mol. The summed E-state index contributed by atoms with van der Waals surface area (Å²) in [6.45, 7) is 13.9. The average molecular weight is 789 g/mol. The number of carbonyl (C=O) groups is 4. The van der Waals surface area contributed by atoms with Crippen LogP contribution in [0.2, 0.25) is 0 Å². The third-order valence-electron chi connectivity index (χ3n) is 20.8. The summed E-state index contributed by atoms with van der Waals surface area (Å²) in [6.07, 6.45) is 23.9. The smallest absolute Gasteiger partial charge is 0.319 e. The molecule has 57 heavy (non-hydrogen) atoms. The van der Waals surface area contributed by atoms with Crippen molar-refractivity contribution in [3.8, 4) is 0 Å². The first kappa shape index (κ1) is 40.5. The maximum atomic E-state index is 14.8. The van der Waals surface area contributed by atoms with Crippen LogP contribution in [0, 0.1) is 73.9 Å². The van der Waals surface area contributed by atoms with Gasteiger partial charge in [0.1, 0.15) is 11.7 Å². The summed E-state index contributed by atoms with van der Waals surface area (Å²) in [5.74, 6) is 1.84. The van der Waals surface area contributed by atoms with Gasteiger partial charge >= 0.3 is 23.9 Å². The van der Waals surface area contributed by atoms with E-state index in [0.29, 0.717) is 42.4 Å². The van der Waals surface area contributed by atoms with E-state index in [1.54, 1.807) is 0 Å². The molecule has 2 aliphatic heterocycles. The summed E-state index contributed by atoms with van der Waals surface area (Å²) in [4.78, 5) is 56.5. The Morgan fingerprint density at radius 1 is 0.544 bits per heavy atom. The van der Waals surface area contributed by atoms with Crippen LogP contribution in [-0.2, 0) is 33.4 Å². The van der Waals surface area contributed by atoms with Crippen molar-refractivity contribution in [1.29, 1.82) is 0 Å². The fraction of sp³-hybridized carbons (Fsp3) is 0.920. The van der Waals surface area contributed by atoms with Crippen LogP contribution in [0.1, 0.15) is 202 Å². The van der Waals surface area contributed by atoms with Crippen molar-refractivity contribution in [1.82, 2.24) is 0 Å². The van der Waals surface area contributed by atoms with Gasteiger partial charge in [0.05, 0.1) is 10.8 Å². The van der Waals surface area contributed by atoms with Crippen molar-refractivity contribution < 1.29 is 33.4 Å². The van der Waals surface area contributed by atoms with Gasteiger partial charge < -0.3 is 14.2 Å². The molecule has 0 amide bonds. The molecule has 10 rings (SSSR count). The molecule has 318 valence electrons. The summed E-state index contributed by atoms with van der Waals surface area (Å²) in [7, 11) is 0. The van der Waals surface area contributed by atoms with Gasteiger partial charge in [0, 0.05) is 12.8 Å². The third kappa shape index (κ3) is 6.10. The van der Waals surface area contributed by atoms with Gasteiger partial charge in [0.25, 0.3) is 0 Å². The van der Waals surface area contributed by atoms with E-state index in [9.17, 15) is 19.2 Å². The summed E-state index contributed by atoms with van der Waals surface area (Å²) < 4.78 is 19.4. The first-order chi connectivity index (χ1) is 27.0. The number of hydrogen-bond acceptors (Lipinski definition) is 7. The van der Waals surface area contributed by atoms with Gasteiger partial charge in [-0.15, -0.1) is 0 Å². The van der Waals surface area contributed by atoms with Crippen molar-refractivity contribution in [3.05, 3.63) is 0 Å². The van der Waals surface area contributed by atoms with Gasteiger partial charge in [-0.1, -0.05) is 66.2 Å². The minimum Gasteiger partial charge on any atom is -0.462 e. The molecule has 4 unspecified atom stereocenters. The van der Waals surface area contributed by atoms with E-state index in [0.717, 1.165) is 141 Å². The molecule has 13 bridgehead atoms. The van der Waals surface area contributed by atoms with Crippen LogP contribution >= 0.6 is 0 Å². The SMILES string of the molecule is C[C@@H]1C[C@]23CCC4[C@]5(C)CCC[C@]4(C)C(=O)OC(=O)[C@]4(C)CCC[C@@]6(C)C7C[C@H](OC(=O)CCCCCCCCC(=O)O[C@]1(CCC25)C3)[C@@H]1C[C@@]7(CCC64)C[C@@H]1C. The zero-order chi connectivity index (χ0) is 40.2. The highest BCUT2D eigenvalue weighted by Crippen LogP contribution is 2.75. The molecule has 10 fully saturated rings. The summed E-state index contributed by atoms with van der Waals surface area (Å²) >= 11 is 0. The molecule has 10 aliphatic rings. The van der Waals surface area contributed by atoms with Crippen molar-refractivity contribution in [2.45, 2.75) is 214 Å². The average Bonchev–Trinajstić information content (AvgIpc) is 3.53. The van der Waals surface area contributed by atoms with Gasteiger partial charge in [0.15, 0.2) is 0 Å². The number of rotatable bonds is 0. The second-order valence-corrected chi connectivity index (χ2v) is 23.5. The molecule has 0 aromatic heterocycles. The molecular formula is C50H76O7. The summed E-state index contributed by atoms with van der Waals surface area (Å²) in [5.41, 5.74) is -1.46. The summed E-state index contributed by atoms with van der Waals surface area (Å²) in [6, 6.07) is 0. The van der Waals surface area contributed by atoms with Crippen LogP contribution in [0.15, 0.2) is 0 Å². The third-order valence-corrected chi connectivity index (χ3v) is 20.8. The highest BCUT2D eigenvalue weighted by atomic mass is 16.6. The number of hydrogen-bond donors (Lipinski definition) is 0. The Morgan fingerprint density at radius 2 is 1.11 bits per heavy atom. The molecule has 7 nitrogen and oxygen atoms in total. The van der Waals surface area contributed by atoms with Gasteiger partial charge in [-0.25, -0.2) is 0 Å². The van der Waals surface area contributed by atoms with Crippen LogP contribution in [-0.4, -0.2) is 35.6 Å². The molecule has 0 radical (unpaired) electrons. The zero-order valence-corrected chi connectivity index (χ0v) is 36.7.